The maximum absolute atomic E-state index is 15.3. The summed E-state index contributed by atoms with van der Waals surface area (Å²) in [6.07, 6.45) is -5.68. The molecule has 0 bridgehead atoms. The first-order valence-electron chi connectivity index (χ1n) is 13.2. The van der Waals surface area contributed by atoms with E-state index in [1.807, 2.05) is 5.32 Å². The summed E-state index contributed by atoms with van der Waals surface area (Å²) in [5, 5.41) is 1.92. The molecule has 0 radical (unpaired) electrons. The number of alkyl halides is 3. The lowest BCUT2D eigenvalue weighted by atomic mass is 9.72. The van der Waals surface area contributed by atoms with E-state index in [0.717, 1.165) is 17.0 Å². The number of hydrogen-bond donors (Lipinski definition) is 1. The predicted molar refractivity (Wildman–Crippen MR) is 147 cm³/mol. The van der Waals surface area contributed by atoms with E-state index < -0.39 is 40.3 Å². The van der Waals surface area contributed by atoms with Crippen LogP contribution in [0.4, 0.5) is 13.2 Å². The fourth-order valence-corrected chi connectivity index (χ4v) is 5.70. The van der Waals surface area contributed by atoms with Gasteiger partial charge in [-0.3, -0.25) is 14.4 Å². The van der Waals surface area contributed by atoms with Crippen molar-refractivity contribution in [3.63, 3.8) is 0 Å². The van der Waals surface area contributed by atoms with Crippen LogP contribution in [0.2, 0.25) is 0 Å². The number of hydrogen-bond acceptors (Lipinski definition) is 8. The van der Waals surface area contributed by atoms with Gasteiger partial charge in [0.25, 0.3) is 11.8 Å². The number of carbonyl (C=O) groups is 3. The Balaban J connectivity index is 1.90. The van der Waals surface area contributed by atoms with Gasteiger partial charge in [-0.1, -0.05) is 26.0 Å². The molecule has 13 heteroatoms. The summed E-state index contributed by atoms with van der Waals surface area (Å²) in [7, 11) is 6.65. The molecule has 1 atom stereocenters. The van der Waals surface area contributed by atoms with Gasteiger partial charge in [0.1, 0.15) is 0 Å². The second-order valence-electron chi connectivity index (χ2n) is 10.9. The summed E-state index contributed by atoms with van der Waals surface area (Å²) in [5.74, 6) is -3.04. The van der Waals surface area contributed by atoms with E-state index in [4.69, 9.17) is 23.7 Å². The summed E-state index contributed by atoms with van der Waals surface area (Å²) in [6, 6.07) is 7.09. The standard InChI is InChI=1S/C30H33F3N2O8/c1-28(2)13-18-23(19(36)14-28)29(30(31,32)33,27(38)35(18)15-16-9-8-10-20(39-3)24(16)42-6)34-26(37)17-11-21(40-4)25(43-7)22(12-17)41-5/h8-12H,13-15H2,1-7H3,(H,34,37)/t29-/m0/s1. The van der Waals surface area contributed by atoms with E-state index in [9.17, 15) is 14.4 Å². The van der Waals surface area contributed by atoms with Gasteiger partial charge in [0.15, 0.2) is 28.8 Å². The third-order valence-electron chi connectivity index (χ3n) is 7.59. The highest BCUT2D eigenvalue weighted by molar-refractivity contribution is 6.14. The van der Waals surface area contributed by atoms with Crippen molar-refractivity contribution in [1.82, 2.24) is 10.2 Å². The molecule has 1 N–H and O–H groups in total. The number of Topliss-reactive ketones (excluding diaryl/α,β-unsaturated/α-hetero) is 1. The number of carbonyl (C=O) groups excluding carboxylic acids is 3. The highest BCUT2D eigenvalue weighted by atomic mass is 19.4. The summed E-state index contributed by atoms with van der Waals surface area (Å²) < 4.78 is 72.4. The van der Waals surface area contributed by atoms with Crippen molar-refractivity contribution in [3.8, 4) is 28.7 Å². The molecule has 43 heavy (non-hydrogen) atoms. The van der Waals surface area contributed by atoms with Crippen LogP contribution in [0.1, 0.15) is 42.6 Å². The van der Waals surface area contributed by atoms with Crippen LogP contribution in [-0.4, -0.2) is 69.8 Å². The van der Waals surface area contributed by atoms with Crippen LogP contribution in [0, 0.1) is 5.41 Å². The number of methoxy groups -OCH3 is 5. The summed E-state index contributed by atoms with van der Waals surface area (Å²) in [4.78, 5) is 42.2. The van der Waals surface area contributed by atoms with Gasteiger partial charge in [0, 0.05) is 23.2 Å². The SMILES string of the molecule is COc1cccc(CN2C(=O)[C@](NC(=O)c3cc(OC)c(OC)c(OC)c3)(C(F)(F)F)C3=C2CC(C)(C)CC3=O)c1OC. The minimum Gasteiger partial charge on any atom is -0.493 e. The molecule has 2 aromatic rings. The topological polar surface area (TPSA) is 113 Å². The largest absolute Gasteiger partial charge is 0.493 e. The lowest BCUT2D eigenvalue weighted by Crippen LogP contribution is -2.66. The first-order chi connectivity index (χ1) is 20.2. The first-order valence-corrected chi connectivity index (χ1v) is 13.2. The molecule has 0 saturated carbocycles. The molecule has 0 aromatic heterocycles. The van der Waals surface area contributed by atoms with Crippen molar-refractivity contribution in [1.29, 1.82) is 0 Å². The van der Waals surface area contributed by atoms with Crippen LogP contribution in [0.5, 0.6) is 28.7 Å². The second kappa shape index (κ2) is 11.3. The van der Waals surface area contributed by atoms with Gasteiger partial charge in [0.05, 0.1) is 47.7 Å². The fraction of sp³-hybridized carbons (Fsp3) is 0.433. The average Bonchev–Trinajstić information content (AvgIpc) is 3.18. The van der Waals surface area contributed by atoms with E-state index in [1.165, 1.54) is 35.5 Å². The molecular formula is C30H33F3N2O8. The maximum Gasteiger partial charge on any atom is 0.425 e. The zero-order valence-corrected chi connectivity index (χ0v) is 24.9. The highest BCUT2D eigenvalue weighted by Gasteiger charge is 2.71. The van der Waals surface area contributed by atoms with E-state index in [2.05, 4.69) is 0 Å². The number of halogens is 3. The van der Waals surface area contributed by atoms with Gasteiger partial charge in [-0.05, 0) is 30.0 Å². The zero-order chi connectivity index (χ0) is 31.9. The highest BCUT2D eigenvalue weighted by Crippen LogP contribution is 2.52. The third-order valence-corrected chi connectivity index (χ3v) is 7.59. The van der Waals surface area contributed by atoms with Crippen molar-refractivity contribution in [2.45, 2.75) is 44.9 Å². The number of allylic oxidation sites excluding steroid dienone is 1. The Morgan fingerprint density at radius 1 is 0.884 bits per heavy atom. The normalized spacial score (nSPS) is 19.6. The molecule has 1 aliphatic carbocycles. The van der Waals surface area contributed by atoms with E-state index in [1.54, 1.807) is 32.0 Å². The molecule has 2 amide bonds. The average molecular weight is 607 g/mol. The van der Waals surface area contributed by atoms with Gasteiger partial charge in [0.2, 0.25) is 11.3 Å². The van der Waals surface area contributed by atoms with Crippen molar-refractivity contribution in [2.24, 2.45) is 5.41 Å². The predicted octanol–water partition coefficient (Wildman–Crippen LogP) is 4.45. The lowest BCUT2D eigenvalue weighted by molar-refractivity contribution is -0.190. The number of amides is 2. The van der Waals surface area contributed by atoms with Crippen molar-refractivity contribution < 1.29 is 51.2 Å². The van der Waals surface area contributed by atoms with Crippen LogP contribution in [-0.2, 0) is 16.1 Å². The Morgan fingerprint density at radius 3 is 1.98 bits per heavy atom. The molecule has 1 heterocycles. The molecule has 0 unspecified atom stereocenters. The molecule has 2 aromatic carbocycles. The van der Waals surface area contributed by atoms with Crippen molar-refractivity contribution in [2.75, 3.05) is 35.5 Å². The van der Waals surface area contributed by atoms with E-state index in [0.29, 0.717) is 11.3 Å². The summed E-state index contributed by atoms with van der Waals surface area (Å²) in [5.41, 5.74) is -5.29. The quantitative estimate of drug-likeness (QED) is 0.446. The molecular weight excluding hydrogens is 573 g/mol. The van der Waals surface area contributed by atoms with Gasteiger partial charge >= 0.3 is 6.18 Å². The van der Waals surface area contributed by atoms with Gasteiger partial charge in [-0.2, -0.15) is 13.2 Å². The molecule has 0 fully saturated rings. The smallest absolute Gasteiger partial charge is 0.425 e. The number of para-hydroxylation sites is 1. The maximum atomic E-state index is 15.3. The minimum atomic E-state index is -5.40. The second-order valence-corrected chi connectivity index (χ2v) is 10.9. The Bertz CT molecular complexity index is 1480. The molecule has 2 aliphatic rings. The fourth-order valence-electron chi connectivity index (χ4n) is 5.70. The van der Waals surface area contributed by atoms with E-state index in [-0.39, 0.29) is 53.6 Å². The monoisotopic (exact) mass is 606 g/mol. The molecule has 10 nitrogen and oxygen atoms in total. The molecule has 0 spiro atoms. The Kier molecular flexibility index (Phi) is 8.31. The van der Waals surface area contributed by atoms with Gasteiger partial charge < -0.3 is 33.9 Å². The summed E-state index contributed by atoms with van der Waals surface area (Å²) >= 11 is 0. The number of benzene rings is 2. The molecule has 232 valence electrons. The van der Waals surface area contributed by atoms with Crippen LogP contribution < -0.4 is 29.0 Å². The first kappa shape index (κ1) is 31.5. The zero-order valence-electron chi connectivity index (χ0n) is 24.9. The van der Waals surface area contributed by atoms with Crippen LogP contribution in [0.25, 0.3) is 0 Å². The summed E-state index contributed by atoms with van der Waals surface area (Å²) in [6.45, 7) is 3.08. The number of nitrogens with zero attached hydrogens (tertiary/aromatic N) is 1. The molecule has 1 aliphatic heterocycles. The number of rotatable bonds is 9. The number of ketones is 1. The van der Waals surface area contributed by atoms with Gasteiger partial charge in [-0.25, -0.2) is 0 Å². The molecule has 0 saturated heterocycles. The van der Waals surface area contributed by atoms with E-state index >= 15 is 13.2 Å². The van der Waals surface area contributed by atoms with Crippen molar-refractivity contribution in [3.05, 3.63) is 52.7 Å². The third kappa shape index (κ3) is 5.21. The minimum absolute atomic E-state index is 0.00736. The van der Waals surface area contributed by atoms with Gasteiger partial charge in [-0.15, -0.1) is 0 Å². The Labute approximate surface area is 246 Å². The number of ether oxygens (including phenoxy) is 5. The number of nitrogens with one attached hydrogen (secondary N) is 1. The Morgan fingerprint density at radius 2 is 1.47 bits per heavy atom. The molecule has 4 rings (SSSR count). The van der Waals surface area contributed by atoms with Crippen LogP contribution in [0.3, 0.4) is 0 Å². The van der Waals surface area contributed by atoms with Crippen molar-refractivity contribution >= 4 is 17.6 Å². The van der Waals surface area contributed by atoms with Crippen LogP contribution in [0.15, 0.2) is 41.6 Å². The lowest BCUT2D eigenvalue weighted by Gasteiger charge is -2.35. The Hall–Kier alpha value is -4.42. The van der Waals surface area contributed by atoms with Crippen LogP contribution >= 0.6 is 0 Å².